The van der Waals surface area contributed by atoms with E-state index >= 15 is 0 Å². The van der Waals surface area contributed by atoms with Crippen LogP contribution in [0.2, 0.25) is 0 Å². The zero-order valence-electron chi connectivity index (χ0n) is 10.0. The molecule has 0 N–H and O–H groups in total. The number of rotatable bonds is 5. The average molecular weight is 231 g/mol. The van der Waals surface area contributed by atoms with Gasteiger partial charge in [-0.2, -0.15) is 5.10 Å². The zero-order chi connectivity index (χ0) is 12.3. The molecule has 90 valence electrons. The Kier molecular flexibility index (Phi) is 3.48. The number of carbonyl (C=O) groups is 1. The molecule has 1 aliphatic rings. The van der Waals surface area contributed by atoms with Crippen LogP contribution in [-0.4, -0.2) is 33.7 Å². The first-order chi connectivity index (χ1) is 8.22. The fraction of sp³-hybridized carbons (Fsp3) is 0.538. The van der Waals surface area contributed by atoms with E-state index in [-0.39, 0.29) is 11.9 Å². The molecule has 0 spiro atoms. The van der Waals surface area contributed by atoms with Gasteiger partial charge in [0.25, 0.3) is 0 Å². The fourth-order valence-electron chi connectivity index (χ4n) is 1.84. The molecule has 1 aromatic heterocycles. The molecule has 1 unspecified atom stereocenters. The van der Waals surface area contributed by atoms with Gasteiger partial charge in [-0.25, -0.2) is 0 Å². The molecule has 0 bridgehead atoms. The third-order valence-corrected chi connectivity index (χ3v) is 3.05. The van der Waals surface area contributed by atoms with Gasteiger partial charge < -0.3 is 4.90 Å². The summed E-state index contributed by atoms with van der Waals surface area (Å²) in [5.74, 6) is 3.26. The van der Waals surface area contributed by atoms with Gasteiger partial charge in [-0.05, 0) is 31.7 Å². The molecule has 1 aromatic rings. The van der Waals surface area contributed by atoms with Crippen LogP contribution in [0.1, 0.15) is 25.8 Å². The Balaban J connectivity index is 2.01. The maximum atomic E-state index is 12.3. The summed E-state index contributed by atoms with van der Waals surface area (Å²) in [6, 6.07) is 1.54. The second-order valence-electron chi connectivity index (χ2n) is 4.53. The molecule has 1 aliphatic carbocycles. The van der Waals surface area contributed by atoms with Crippen LogP contribution < -0.4 is 0 Å². The monoisotopic (exact) mass is 231 g/mol. The van der Waals surface area contributed by atoms with Gasteiger partial charge in [0, 0.05) is 18.9 Å². The second kappa shape index (κ2) is 5.05. The highest BCUT2D eigenvalue weighted by atomic mass is 16.2. The molecule has 4 heteroatoms. The van der Waals surface area contributed by atoms with E-state index in [0.29, 0.717) is 12.5 Å². The van der Waals surface area contributed by atoms with Gasteiger partial charge in [-0.3, -0.25) is 9.48 Å². The van der Waals surface area contributed by atoms with Gasteiger partial charge in [-0.15, -0.1) is 6.42 Å². The Morgan fingerprint density at radius 3 is 3.00 bits per heavy atom. The second-order valence-corrected chi connectivity index (χ2v) is 4.53. The molecular weight excluding hydrogens is 214 g/mol. The summed E-state index contributed by atoms with van der Waals surface area (Å²) in [7, 11) is 0. The van der Waals surface area contributed by atoms with Crippen molar-refractivity contribution >= 4 is 5.91 Å². The molecule has 1 fully saturated rings. The normalized spacial score (nSPS) is 16.2. The molecule has 1 amide bonds. The van der Waals surface area contributed by atoms with Crippen molar-refractivity contribution in [1.29, 1.82) is 0 Å². The van der Waals surface area contributed by atoms with E-state index in [1.807, 2.05) is 13.0 Å². The van der Waals surface area contributed by atoms with E-state index < -0.39 is 0 Å². The summed E-state index contributed by atoms with van der Waals surface area (Å²) in [6.45, 7) is 3.03. The summed E-state index contributed by atoms with van der Waals surface area (Å²) < 4.78 is 1.67. The van der Waals surface area contributed by atoms with Crippen molar-refractivity contribution < 1.29 is 4.79 Å². The van der Waals surface area contributed by atoms with E-state index in [2.05, 4.69) is 11.0 Å². The predicted octanol–water partition coefficient (Wildman–Crippen LogP) is 1.32. The topological polar surface area (TPSA) is 38.1 Å². The molecule has 2 rings (SSSR count). The Morgan fingerprint density at radius 1 is 1.71 bits per heavy atom. The van der Waals surface area contributed by atoms with Crippen LogP contribution in [0, 0.1) is 18.3 Å². The van der Waals surface area contributed by atoms with E-state index in [9.17, 15) is 4.79 Å². The van der Waals surface area contributed by atoms with Gasteiger partial charge in [0.15, 0.2) is 0 Å². The summed E-state index contributed by atoms with van der Waals surface area (Å²) in [6.07, 6.45) is 11.2. The lowest BCUT2D eigenvalue weighted by molar-refractivity contribution is -0.134. The predicted molar refractivity (Wildman–Crippen MR) is 65.1 cm³/mol. The van der Waals surface area contributed by atoms with Crippen LogP contribution in [0.5, 0.6) is 0 Å². The summed E-state index contributed by atoms with van der Waals surface area (Å²) in [4.78, 5) is 14.0. The minimum atomic E-state index is -0.280. The van der Waals surface area contributed by atoms with Crippen LogP contribution in [-0.2, 0) is 4.79 Å². The summed E-state index contributed by atoms with van der Waals surface area (Å²) >= 11 is 0. The average Bonchev–Trinajstić information content (AvgIpc) is 2.97. The molecule has 0 saturated heterocycles. The first-order valence-electron chi connectivity index (χ1n) is 5.93. The molecule has 1 saturated carbocycles. The molecule has 0 aliphatic heterocycles. The third-order valence-electron chi connectivity index (χ3n) is 3.05. The van der Waals surface area contributed by atoms with Gasteiger partial charge >= 0.3 is 0 Å². The molecule has 17 heavy (non-hydrogen) atoms. The van der Waals surface area contributed by atoms with E-state index in [1.165, 1.54) is 12.8 Å². The van der Waals surface area contributed by atoms with Gasteiger partial charge in [0.2, 0.25) is 5.91 Å². The molecule has 4 nitrogen and oxygen atoms in total. The van der Waals surface area contributed by atoms with Crippen LogP contribution in [0.15, 0.2) is 18.5 Å². The van der Waals surface area contributed by atoms with Crippen molar-refractivity contribution in [1.82, 2.24) is 14.7 Å². The fourth-order valence-corrected chi connectivity index (χ4v) is 1.84. The Bertz CT molecular complexity index is 414. The minimum Gasteiger partial charge on any atom is -0.329 e. The molecule has 0 aromatic carbocycles. The van der Waals surface area contributed by atoms with Crippen molar-refractivity contribution in [2.75, 3.05) is 13.1 Å². The highest BCUT2D eigenvalue weighted by Gasteiger charge is 2.29. The molecule has 0 radical (unpaired) electrons. The van der Waals surface area contributed by atoms with Crippen LogP contribution in [0.4, 0.5) is 0 Å². The van der Waals surface area contributed by atoms with Gasteiger partial charge in [0.1, 0.15) is 6.04 Å². The van der Waals surface area contributed by atoms with Gasteiger partial charge in [-0.1, -0.05) is 5.92 Å². The lowest BCUT2D eigenvalue weighted by Gasteiger charge is -2.23. The third kappa shape index (κ3) is 2.88. The number of terminal acetylenes is 1. The van der Waals surface area contributed by atoms with E-state index in [4.69, 9.17) is 6.42 Å². The lowest BCUT2D eigenvalue weighted by atomic mass is 10.2. The molecule has 1 atom stereocenters. The molecule has 1 heterocycles. The highest BCUT2D eigenvalue weighted by molar-refractivity contribution is 5.80. The first-order valence-corrected chi connectivity index (χ1v) is 5.93. The quantitative estimate of drug-likeness (QED) is 0.717. The number of hydrogen-bond donors (Lipinski definition) is 0. The van der Waals surface area contributed by atoms with Gasteiger partial charge in [0.05, 0.1) is 6.54 Å². The highest BCUT2D eigenvalue weighted by Crippen LogP contribution is 2.30. The summed E-state index contributed by atoms with van der Waals surface area (Å²) in [5.41, 5.74) is 0. The first kappa shape index (κ1) is 11.7. The van der Waals surface area contributed by atoms with Crippen molar-refractivity contribution in [3.8, 4) is 12.3 Å². The Hall–Kier alpha value is -1.76. The Morgan fingerprint density at radius 2 is 2.47 bits per heavy atom. The van der Waals surface area contributed by atoms with Crippen LogP contribution >= 0.6 is 0 Å². The zero-order valence-corrected chi connectivity index (χ0v) is 10.0. The maximum absolute atomic E-state index is 12.3. The smallest absolute Gasteiger partial charge is 0.247 e. The van der Waals surface area contributed by atoms with Crippen molar-refractivity contribution in [2.24, 2.45) is 5.92 Å². The van der Waals surface area contributed by atoms with Crippen molar-refractivity contribution in [3.63, 3.8) is 0 Å². The largest absolute Gasteiger partial charge is 0.329 e. The SMILES string of the molecule is C#CCN(CC1CC1)C(=O)C(C)n1cccn1. The number of nitrogens with zero attached hydrogens (tertiary/aromatic N) is 3. The number of amides is 1. The van der Waals surface area contributed by atoms with E-state index in [1.54, 1.807) is 22.0 Å². The minimum absolute atomic E-state index is 0.0542. The number of hydrogen-bond acceptors (Lipinski definition) is 2. The Labute approximate surface area is 102 Å². The number of aromatic nitrogens is 2. The maximum Gasteiger partial charge on any atom is 0.247 e. The van der Waals surface area contributed by atoms with E-state index in [0.717, 1.165) is 6.54 Å². The van der Waals surface area contributed by atoms with Crippen molar-refractivity contribution in [2.45, 2.75) is 25.8 Å². The van der Waals surface area contributed by atoms with Crippen molar-refractivity contribution in [3.05, 3.63) is 18.5 Å². The number of carbonyl (C=O) groups excluding carboxylic acids is 1. The van der Waals surface area contributed by atoms with Crippen LogP contribution in [0.25, 0.3) is 0 Å². The standard InChI is InChI=1S/C13H17N3O/c1-3-8-15(10-12-5-6-12)13(17)11(2)16-9-4-7-14-16/h1,4,7,9,11-12H,5-6,8,10H2,2H3. The molecular formula is C13H17N3O. The summed E-state index contributed by atoms with van der Waals surface area (Å²) in [5, 5.41) is 4.09. The lowest BCUT2D eigenvalue weighted by Crippen LogP contribution is -2.38. The van der Waals surface area contributed by atoms with Crippen LogP contribution in [0.3, 0.4) is 0 Å².